The lowest BCUT2D eigenvalue weighted by Crippen LogP contribution is -2.43. The minimum Gasteiger partial charge on any atom is -0.497 e. The Morgan fingerprint density at radius 3 is 2.70 bits per heavy atom. The number of nitrogens with one attached hydrogen (secondary N) is 1. The van der Waals surface area contributed by atoms with Gasteiger partial charge in [0.2, 0.25) is 0 Å². The second-order valence-corrected chi connectivity index (χ2v) is 5.67. The first kappa shape index (κ1) is 15.6. The Bertz CT molecular complexity index is 674. The zero-order valence-corrected chi connectivity index (χ0v) is 13.6. The first-order valence-electron chi connectivity index (χ1n) is 7.66. The van der Waals surface area contributed by atoms with Crippen LogP contribution < -0.4 is 4.74 Å². The predicted molar refractivity (Wildman–Crippen MR) is 85.7 cm³/mol. The van der Waals surface area contributed by atoms with Crippen molar-refractivity contribution in [1.29, 1.82) is 0 Å². The van der Waals surface area contributed by atoms with Gasteiger partial charge >= 0.3 is 0 Å². The summed E-state index contributed by atoms with van der Waals surface area (Å²) in [5.74, 6) is 0.738. The van der Waals surface area contributed by atoms with E-state index in [1.807, 2.05) is 18.7 Å². The molecule has 0 aliphatic carbocycles. The Morgan fingerprint density at radius 2 is 2.09 bits per heavy atom. The maximum absolute atomic E-state index is 12.9. The molecule has 6 heteroatoms. The number of aromatic amines is 1. The van der Waals surface area contributed by atoms with Gasteiger partial charge in [0.1, 0.15) is 5.75 Å². The number of hydrogen-bond donors (Lipinski definition) is 1. The van der Waals surface area contributed by atoms with Crippen LogP contribution in [0.5, 0.6) is 5.75 Å². The maximum Gasteiger partial charge on any atom is 0.254 e. The molecule has 0 radical (unpaired) electrons. The number of ether oxygens (including phenoxy) is 2. The highest BCUT2D eigenvalue weighted by molar-refractivity contribution is 5.94. The van der Waals surface area contributed by atoms with E-state index in [4.69, 9.17) is 9.47 Å². The Hall–Kier alpha value is -2.34. The van der Waals surface area contributed by atoms with Gasteiger partial charge in [-0.25, -0.2) is 0 Å². The Labute approximate surface area is 135 Å². The number of methoxy groups -OCH3 is 1. The molecule has 3 rings (SSSR count). The van der Waals surface area contributed by atoms with E-state index in [0.717, 1.165) is 22.7 Å². The van der Waals surface area contributed by atoms with Gasteiger partial charge in [0, 0.05) is 23.4 Å². The number of rotatable bonds is 3. The van der Waals surface area contributed by atoms with E-state index in [-0.39, 0.29) is 11.9 Å². The zero-order valence-electron chi connectivity index (χ0n) is 13.6. The molecular formula is C17H21N3O3. The highest BCUT2D eigenvalue weighted by Crippen LogP contribution is 2.29. The van der Waals surface area contributed by atoms with Crippen molar-refractivity contribution in [2.75, 3.05) is 26.9 Å². The lowest BCUT2D eigenvalue weighted by atomic mass is 10.0. The quantitative estimate of drug-likeness (QED) is 0.943. The molecule has 1 N–H and O–H groups in total. The summed E-state index contributed by atoms with van der Waals surface area (Å²) in [6, 6.07) is 7.08. The minimum absolute atomic E-state index is 0.000882. The number of morpholine rings is 1. The van der Waals surface area contributed by atoms with E-state index in [0.29, 0.717) is 25.3 Å². The Morgan fingerprint density at radius 1 is 1.35 bits per heavy atom. The third-order valence-electron chi connectivity index (χ3n) is 4.24. The number of amides is 1. The molecule has 1 fully saturated rings. The van der Waals surface area contributed by atoms with Gasteiger partial charge in [-0.3, -0.25) is 9.89 Å². The number of H-pyrrole nitrogens is 1. The maximum atomic E-state index is 12.9. The summed E-state index contributed by atoms with van der Waals surface area (Å²) >= 11 is 0. The molecule has 6 nitrogen and oxygen atoms in total. The number of benzene rings is 1. The third kappa shape index (κ3) is 2.94. The average molecular weight is 315 g/mol. The number of aryl methyl sites for hydroxylation is 2. The highest BCUT2D eigenvalue weighted by Gasteiger charge is 2.32. The van der Waals surface area contributed by atoms with Crippen LogP contribution in [0, 0.1) is 13.8 Å². The van der Waals surface area contributed by atoms with Crippen molar-refractivity contribution in [2.24, 2.45) is 0 Å². The monoisotopic (exact) mass is 315 g/mol. The van der Waals surface area contributed by atoms with Crippen molar-refractivity contribution in [2.45, 2.75) is 19.9 Å². The second-order valence-electron chi connectivity index (χ2n) is 5.67. The van der Waals surface area contributed by atoms with Crippen LogP contribution >= 0.6 is 0 Å². The lowest BCUT2D eigenvalue weighted by Gasteiger charge is -2.36. The van der Waals surface area contributed by atoms with Gasteiger partial charge in [0.05, 0.1) is 32.1 Å². The van der Waals surface area contributed by atoms with Crippen LogP contribution in [-0.2, 0) is 4.74 Å². The first-order chi connectivity index (χ1) is 11.1. The average Bonchev–Trinajstić information content (AvgIpc) is 2.93. The molecule has 2 aromatic rings. The largest absolute Gasteiger partial charge is 0.497 e. The molecule has 1 saturated heterocycles. The fraction of sp³-hybridized carbons (Fsp3) is 0.412. The molecule has 0 saturated carbocycles. The number of hydrogen-bond acceptors (Lipinski definition) is 4. The Balaban J connectivity index is 1.90. The summed E-state index contributed by atoms with van der Waals surface area (Å²) in [6.45, 7) is 5.53. The lowest BCUT2D eigenvalue weighted by molar-refractivity contribution is -0.00301. The molecule has 1 aliphatic rings. The first-order valence-corrected chi connectivity index (χ1v) is 7.66. The summed E-state index contributed by atoms with van der Waals surface area (Å²) in [5.41, 5.74) is 3.58. The van der Waals surface area contributed by atoms with Crippen molar-refractivity contribution in [3.05, 3.63) is 46.8 Å². The smallest absolute Gasteiger partial charge is 0.254 e. The van der Waals surface area contributed by atoms with Crippen molar-refractivity contribution in [1.82, 2.24) is 15.1 Å². The summed E-state index contributed by atoms with van der Waals surface area (Å²) in [6.07, 6.45) is 0. The summed E-state index contributed by atoms with van der Waals surface area (Å²) in [7, 11) is 1.61. The summed E-state index contributed by atoms with van der Waals surface area (Å²) < 4.78 is 10.8. The summed E-state index contributed by atoms with van der Waals surface area (Å²) in [5, 5.41) is 7.23. The fourth-order valence-electron chi connectivity index (χ4n) is 3.04. The van der Waals surface area contributed by atoms with Crippen molar-refractivity contribution in [3.63, 3.8) is 0 Å². The van der Waals surface area contributed by atoms with E-state index in [1.54, 1.807) is 31.4 Å². The van der Waals surface area contributed by atoms with Crippen LogP contribution in [0.4, 0.5) is 0 Å². The molecule has 0 unspecified atom stereocenters. The zero-order chi connectivity index (χ0) is 16.4. The predicted octanol–water partition coefficient (Wildman–Crippen LogP) is 2.25. The summed E-state index contributed by atoms with van der Waals surface area (Å²) in [4.78, 5) is 14.8. The van der Waals surface area contributed by atoms with Gasteiger partial charge in [-0.15, -0.1) is 0 Å². The molecule has 1 atom stereocenters. The van der Waals surface area contributed by atoms with Crippen LogP contribution in [0.25, 0.3) is 0 Å². The van der Waals surface area contributed by atoms with E-state index in [1.165, 1.54) is 0 Å². The van der Waals surface area contributed by atoms with E-state index in [2.05, 4.69) is 10.2 Å². The Kier molecular flexibility index (Phi) is 4.34. The molecule has 0 bridgehead atoms. The SMILES string of the molecule is COc1ccc(C(=O)N2CCOC[C@H]2c2c(C)n[nH]c2C)cc1. The minimum atomic E-state index is -0.114. The van der Waals surface area contributed by atoms with Crippen molar-refractivity contribution in [3.8, 4) is 5.75 Å². The van der Waals surface area contributed by atoms with Crippen LogP contribution in [0.1, 0.15) is 33.4 Å². The third-order valence-corrected chi connectivity index (χ3v) is 4.24. The van der Waals surface area contributed by atoms with Crippen molar-refractivity contribution < 1.29 is 14.3 Å². The normalized spacial score (nSPS) is 18.0. The van der Waals surface area contributed by atoms with Crippen LogP contribution in [0.2, 0.25) is 0 Å². The van der Waals surface area contributed by atoms with Gasteiger partial charge in [0.15, 0.2) is 0 Å². The number of carbonyl (C=O) groups excluding carboxylic acids is 1. The molecule has 1 amide bonds. The molecule has 23 heavy (non-hydrogen) atoms. The second kappa shape index (κ2) is 6.42. The van der Waals surface area contributed by atoms with Gasteiger partial charge < -0.3 is 14.4 Å². The molecular weight excluding hydrogens is 294 g/mol. The van der Waals surface area contributed by atoms with Gasteiger partial charge in [-0.05, 0) is 38.1 Å². The van der Waals surface area contributed by atoms with Crippen LogP contribution in [-0.4, -0.2) is 47.9 Å². The highest BCUT2D eigenvalue weighted by atomic mass is 16.5. The molecule has 1 aliphatic heterocycles. The van der Waals surface area contributed by atoms with E-state index in [9.17, 15) is 4.79 Å². The van der Waals surface area contributed by atoms with E-state index < -0.39 is 0 Å². The molecule has 1 aromatic carbocycles. The van der Waals surface area contributed by atoms with Gasteiger partial charge in [-0.2, -0.15) is 5.10 Å². The fourth-order valence-corrected chi connectivity index (χ4v) is 3.04. The number of nitrogens with zero attached hydrogens (tertiary/aromatic N) is 2. The van der Waals surface area contributed by atoms with Gasteiger partial charge in [-0.1, -0.05) is 0 Å². The molecule has 122 valence electrons. The number of carbonyl (C=O) groups is 1. The van der Waals surface area contributed by atoms with Gasteiger partial charge in [0.25, 0.3) is 5.91 Å². The standard InChI is InChI=1S/C17H21N3O3/c1-11-16(12(2)19-18-11)15-10-23-9-8-20(15)17(21)13-4-6-14(22-3)7-5-13/h4-7,15H,8-10H2,1-3H3,(H,18,19)/t15-/m0/s1. The van der Waals surface area contributed by atoms with E-state index >= 15 is 0 Å². The molecule has 0 spiro atoms. The number of aromatic nitrogens is 2. The molecule has 1 aromatic heterocycles. The van der Waals surface area contributed by atoms with Crippen LogP contribution in [0.3, 0.4) is 0 Å². The topological polar surface area (TPSA) is 67.4 Å². The van der Waals surface area contributed by atoms with Crippen molar-refractivity contribution >= 4 is 5.91 Å². The molecule has 2 heterocycles. The van der Waals surface area contributed by atoms with Crippen LogP contribution in [0.15, 0.2) is 24.3 Å².